The molecule has 0 bridgehead atoms. The Balaban J connectivity index is 0.000000202. The van der Waals surface area contributed by atoms with E-state index in [0.717, 1.165) is 26.4 Å². The van der Waals surface area contributed by atoms with E-state index in [4.69, 9.17) is 14.2 Å². The monoisotopic (exact) mass is 314 g/mol. The Morgan fingerprint density at radius 3 is 1.55 bits per heavy atom. The standard InChI is InChI=1S/C6H10O3.C4H3F7/c1(5-3-8-5)7-2-6-4-9-6;5-1(3(7)8)2(6)4(9,10)11/h5-6H,1-4H2;1-3H. The van der Waals surface area contributed by atoms with Crippen LogP contribution in [-0.2, 0) is 14.2 Å². The molecule has 2 fully saturated rings. The molecule has 0 spiro atoms. The van der Waals surface area contributed by atoms with Gasteiger partial charge in [-0.3, -0.25) is 0 Å². The molecule has 0 amide bonds. The van der Waals surface area contributed by atoms with E-state index in [1.54, 1.807) is 0 Å². The maximum atomic E-state index is 11.6. The molecule has 4 atom stereocenters. The van der Waals surface area contributed by atoms with Gasteiger partial charge in [-0.05, 0) is 0 Å². The summed E-state index contributed by atoms with van der Waals surface area (Å²) in [6.07, 6.45) is -16.6. The van der Waals surface area contributed by atoms with Crippen molar-refractivity contribution in [2.24, 2.45) is 0 Å². The predicted molar refractivity (Wildman–Crippen MR) is 52.2 cm³/mol. The minimum absolute atomic E-state index is 0.392. The van der Waals surface area contributed by atoms with Gasteiger partial charge in [-0.1, -0.05) is 0 Å². The first-order valence-electron chi connectivity index (χ1n) is 5.65. The summed E-state index contributed by atoms with van der Waals surface area (Å²) in [5.74, 6) is 0. The lowest BCUT2D eigenvalue weighted by atomic mass is 10.2. The van der Waals surface area contributed by atoms with Crippen LogP contribution >= 0.6 is 0 Å². The summed E-state index contributed by atoms with van der Waals surface area (Å²) in [7, 11) is 0. The van der Waals surface area contributed by atoms with Crippen LogP contribution in [0.2, 0.25) is 0 Å². The first-order chi connectivity index (χ1) is 9.21. The van der Waals surface area contributed by atoms with E-state index < -0.39 is 24.9 Å². The van der Waals surface area contributed by atoms with Crippen molar-refractivity contribution >= 4 is 0 Å². The molecule has 20 heavy (non-hydrogen) atoms. The van der Waals surface area contributed by atoms with E-state index in [0.29, 0.717) is 12.2 Å². The lowest BCUT2D eigenvalue weighted by Crippen LogP contribution is -2.37. The van der Waals surface area contributed by atoms with E-state index >= 15 is 0 Å². The van der Waals surface area contributed by atoms with Crippen molar-refractivity contribution < 1.29 is 44.9 Å². The lowest BCUT2D eigenvalue weighted by Gasteiger charge is -2.15. The highest BCUT2D eigenvalue weighted by Crippen LogP contribution is 2.29. The smallest absolute Gasteiger partial charge is 0.376 e. The van der Waals surface area contributed by atoms with Gasteiger partial charge < -0.3 is 14.2 Å². The molecule has 0 aromatic carbocycles. The molecule has 0 aromatic rings. The van der Waals surface area contributed by atoms with Gasteiger partial charge in [0.1, 0.15) is 12.2 Å². The quantitative estimate of drug-likeness (QED) is 0.557. The number of rotatable bonds is 6. The van der Waals surface area contributed by atoms with E-state index in [2.05, 4.69) is 0 Å². The molecule has 0 N–H and O–H groups in total. The van der Waals surface area contributed by atoms with Crippen LogP contribution < -0.4 is 0 Å². The van der Waals surface area contributed by atoms with Crippen molar-refractivity contribution in [3.05, 3.63) is 0 Å². The van der Waals surface area contributed by atoms with Crippen LogP contribution in [0.3, 0.4) is 0 Å². The molecule has 120 valence electrons. The zero-order valence-electron chi connectivity index (χ0n) is 10.1. The van der Waals surface area contributed by atoms with Crippen LogP contribution in [0, 0.1) is 0 Å². The van der Waals surface area contributed by atoms with E-state index in [1.807, 2.05) is 0 Å². The summed E-state index contributed by atoms with van der Waals surface area (Å²) in [6.45, 7) is 3.26. The Kier molecular flexibility index (Phi) is 6.46. The number of hydrogen-bond donors (Lipinski definition) is 0. The van der Waals surface area contributed by atoms with Crippen molar-refractivity contribution in [3.8, 4) is 0 Å². The fourth-order valence-corrected chi connectivity index (χ4v) is 0.968. The highest BCUT2D eigenvalue weighted by Gasteiger charge is 2.49. The van der Waals surface area contributed by atoms with Gasteiger partial charge in [0.05, 0.1) is 26.4 Å². The second-order valence-corrected chi connectivity index (χ2v) is 4.17. The highest BCUT2D eigenvalue weighted by atomic mass is 19.4. The van der Waals surface area contributed by atoms with Gasteiger partial charge in [0, 0.05) is 0 Å². The Labute approximate surface area is 110 Å². The van der Waals surface area contributed by atoms with Crippen LogP contribution in [0.1, 0.15) is 0 Å². The largest absolute Gasteiger partial charge is 0.422 e. The first kappa shape index (κ1) is 17.4. The summed E-state index contributed by atoms with van der Waals surface area (Å²) in [5.41, 5.74) is 0. The molecular formula is C10H13F7O3. The Hall–Kier alpha value is -0.610. The van der Waals surface area contributed by atoms with Gasteiger partial charge in [-0.25, -0.2) is 17.6 Å². The van der Waals surface area contributed by atoms with Crippen molar-refractivity contribution in [3.63, 3.8) is 0 Å². The molecule has 2 saturated heterocycles. The zero-order chi connectivity index (χ0) is 15.3. The SMILES string of the molecule is C(OCC1CO1)C1CO1.FC(F)C(F)C(F)C(F)(F)F. The fraction of sp³-hybridized carbons (Fsp3) is 1.00. The highest BCUT2D eigenvalue weighted by molar-refractivity contribution is 4.76. The van der Waals surface area contributed by atoms with Crippen molar-refractivity contribution in [2.75, 3.05) is 26.4 Å². The zero-order valence-corrected chi connectivity index (χ0v) is 10.1. The molecule has 0 saturated carbocycles. The average molecular weight is 314 g/mol. The Bertz CT molecular complexity index is 267. The molecular weight excluding hydrogens is 301 g/mol. The van der Waals surface area contributed by atoms with Crippen LogP contribution in [-0.4, -0.2) is 63.6 Å². The van der Waals surface area contributed by atoms with E-state index in [1.165, 1.54) is 0 Å². The summed E-state index contributed by atoms with van der Waals surface area (Å²) in [4.78, 5) is 0. The summed E-state index contributed by atoms with van der Waals surface area (Å²) < 4.78 is 93.8. The maximum absolute atomic E-state index is 11.6. The minimum Gasteiger partial charge on any atom is -0.376 e. The fourth-order valence-electron chi connectivity index (χ4n) is 0.968. The van der Waals surface area contributed by atoms with Crippen molar-refractivity contribution in [2.45, 2.75) is 37.2 Å². The van der Waals surface area contributed by atoms with Gasteiger partial charge in [0.15, 0.2) is 0 Å². The summed E-state index contributed by atoms with van der Waals surface area (Å²) in [5, 5.41) is 0. The third kappa shape index (κ3) is 7.25. The summed E-state index contributed by atoms with van der Waals surface area (Å²) >= 11 is 0. The second kappa shape index (κ2) is 7.41. The van der Waals surface area contributed by atoms with Gasteiger partial charge in [0.2, 0.25) is 12.3 Å². The van der Waals surface area contributed by atoms with Gasteiger partial charge >= 0.3 is 6.18 Å². The van der Waals surface area contributed by atoms with E-state index in [9.17, 15) is 30.7 Å². The second-order valence-electron chi connectivity index (χ2n) is 4.17. The van der Waals surface area contributed by atoms with Crippen LogP contribution in [0.25, 0.3) is 0 Å². The molecule has 10 heteroatoms. The molecule has 2 rings (SSSR count). The molecule has 3 nitrogen and oxygen atoms in total. The minimum atomic E-state index is -5.56. The van der Waals surface area contributed by atoms with Crippen LogP contribution in [0.4, 0.5) is 30.7 Å². The average Bonchev–Trinajstić information content (AvgIpc) is 3.20. The first-order valence-corrected chi connectivity index (χ1v) is 5.65. The predicted octanol–water partition coefficient (Wildman–Crippen LogP) is 2.29. The van der Waals surface area contributed by atoms with Gasteiger partial charge in [-0.2, -0.15) is 13.2 Å². The van der Waals surface area contributed by atoms with Gasteiger partial charge in [0.25, 0.3) is 6.43 Å². The van der Waals surface area contributed by atoms with Gasteiger partial charge in [-0.15, -0.1) is 0 Å². The number of alkyl halides is 7. The molecule has 4 unspecified atom stereocenters. The molecule has 0 aliphatic carbocycles. The molecule has 2 heterocycles. The van der Waals surface area contributed by atoms with Crippen LogP contribution in [0.5, 0.6) is 0 Å². The van der Waals surface area contributed by atoms with Crippen molar-refractivity contribution in [1.82, 2.24) is 0 Å². The molecule has 2 aliphatic rings. The number of hydrogen-bond acceptors (Lipinski definition) is 3. The van der Waals surface area contributed by atoms with Crippen LogP contribution in [0.15, 0.2) is 0 Å². The Morgan fingerprint density at radius 2 is 1.35 bits per heavy atom. The maximum Gasteiger partial charge on any atom is 0.422 e. The Morgan fingerprint density at radius 1 is 0.950 bits per heavy atom. The molecule has 2 aliphatic heterocycles. The van der Waals surface area contributed by atoms with Crippen molar-refractivity contribution in [1.29, 1.82) is 0 Å². The number of halogens is 7. The number of ether oxygens (including phenoxy) is 3. The van der Waals surface area contributed by atoms with E-state index in [-0.39, 0.29) is 0 Å². The third-order valence-electron chi connectivity index (χ3n) is 2.25. The molecule has 0 radical (unpaired) electrons. The normalized spacial score (nSPS) is 27.6. The lowest BCUT2D eigenvalue weighted by molar-refractivity contribution is -0.208. The molecule has 0 aromatic heterocycles. The topological polar surface area (TPSA) is 34.3 Å². The third-order valence-corrected chi connectivity index (χ3v) is 2.25. The summed E-state index contributed by atoms with van der Waals surface area (Å²) in [6, 6.07) is 0. The number of epoxide rings is 2.